The van der Waals surface area contributed by atoms with Crippen LogP contribution in [0.15, 0.2) is 47.1 Å². The molecule has 0 unspecified atom stereocenters. The van der Waals surface area contributed by atoms with Crippen LogP contribution in [0, 0.1) is 0 Å². The number of carbonyl (C=O) groups excluding carboxylic acids is 1. The van der Waals surface area contributed by atoms with Gasteiger partial charge in [-0.1, -0.05) is 28.9 Å². The van der Waals surface area contributed by atoms with Crippen molar-refractivity contribution in [1.82, 2.24) is 0 Å². The number of benzene rings is 1. The van der Waals surface area contributed by atoms with Crippen LogP contribution in [0.5, 0.6) is 17.2 Å². The summed E-state index contributed by atoms with van der Waals surface area (Å²) >= 11 is 0. The number of hydrogen-bond donors (Lipinski definition) is 0. The minimum absolute atomic E-state index is 0.419. The van der Waals surface area contributed by atoms with Gasteiger partial charge in [-0.25, -0.2) is 0 Å². The van der Waals surface area contributed by atoms with E-state index in [1.807, 2.05) is 0 Å². The molecule has 0 aromatic heterocycles. The summed E-state index contributed by atoms with van der Waals surface area (Å²) in [6.07, 6.45) is 11.7. The van der Waals surface area contributed by atoms with Crippen LogP contribution < -0.4 is 14.2 Å². The first-order chi connectivity index (χ1) is 13.4. The van der Waals surface area contributed by atoms with E-state index in [1.165, 1.54) is 16.7 Å². The second kappa shape index (κ2) is 12.8. The van der Waals surface area contributed by atoms with Gasteiger partial charge in [0.1, 0.15) is 12.9 Å². The molecule has 28 heavy (non-hydrogen) atoms. The molecule has 1 aromatic rings. The van der Waals surface area contributed by atoms with Gasteiger partial charge in [0, 0.05) is 5.56 Å². The van der Waals surface area contributed by atoms with Crippen LogP contribution in [-0.2, 0) is 0 Å². The van der Waals surface area contributed by atoms with Gasteiger partial charge >= 0.3 is 0 Å². The van der Waals surface area contributed by atoms with Crippen molar-refractivity contribution in [3.05, 3.63) is 52.6 Å². The predicted molar refractivity (Wildman–Crippen MR) is 116 cm³/mol. The summed E-state index contributed by atoms with van der Waals surface area (Å²) in [5.74, 6) is 1.49. The zero-order chi connectivity index (χ0) is 20.9. The average Bonchev–Trinajstić information content (AvgIpc) is 2.67. The number of allylic oxidation sites excluding steroid dienone is 5. The predicted octanol–water partition coefficient (Wildman–Crippen LogP) is 6.31. The van der Waals surface area contributed by atoms with Crippen LogP contribution >= 0.6 is 0 Å². The molecular weight excluding hydrogens is 352 g/mol. The number of aldehydes is 1. The van der Waals surface area contributed by atoms with Crippen LogP contribution in [0.3, 0.4) is 0 Å². The fourth-order valence-electron chi connectivity index (χ4n) is 2.72. The lowest BCUT2D eigenvalue weighted by atomic mass is 10.1. The number of hydrogen-bond acceptors (Lipinski definition) is 4. The first kappa shape index (κ1) is 23.5. The third-order valence-electron chi connectivity index (χ3n) is 4.40. The Balaban J connectivity index is 2.58. The Bertz CT molecular complexity index is 697. The largest absolute Gasteiger partial charge is 0.493 e. The Morgan fingerprint density at radius 2 is 1.39 bits per heavy atom. The summed E-state index contributed by atoms with van der Waals surface area (Å²) in [5.41, 5.74) is 4.57. The van der Waals surface area contributed by atoms with Crippen molar-refractivity contribution < 1.29 is 19.0 Å². The fourth-order valence-corrected chi connectivity index (χ4v) is 2.72. The first-order valence-electron chi connectivity index (χ1n) is 9.69. The molecule has 0 fully saturated rings. The molecule has 0 bridgehead atoms. The SMILES string of the molecule is COc1cc(C=O)cc(OC)c1OC/C=C(\C)CC/C=C(\C)CCC=C(C)C. The summed E-state index contributed by atoms with van der Waals surface area (Å²) in [4.78, 5) is 11.0. The smallest absolute Gasteiger partial charge is 0.203 e. The molecule has 0 amide bonds. The van der Waals surface area contributed by atoms with Crippen molar-refractivity contribution in [2.45, 2.75) is 53.4 Å². The summed E-state index contributed by atoms with van der Waals surface area (Å²) < 4.78 is 16.5. The topological polar surface area (TPSA) is 44.8 Å². The van der Waals surface area contributed by atoms with Gasteiger partial charge in [-0.15, -0.1) is 0 Å². The van der Waals surface area contributed by atoms with E-state index in [4.69, 9.17) is 14.2 Å². The van der Waals surface area contributed by atoms with E-state index in [9.17, 15) is 4.79 Å². The van der Waals surface area contributed by atoms with Crippen molar-refractivity contribution in [2.75, 3.05) is 20.8 Å². The molecule has 0 heterocycles. The van der Waals surface area contributed by atoms with Crippen LogP contribution in [0.1, 0.15) is 63.7 Å². The highest BCUT2D eigenvalue weighted by atomic mass is 16.5. The molecule has 1 aromatic carbocycles. The summed E-state index contributed by atoms with van der Waals surface area (Å²) in [6, 6.07) is 3.29. The molecule has 154 valence electrons. The molecule has 0 aliphatic heterocycles. The van der Waals surface area contributed by atoms with Gasteiger partial charge in [-0.05, 0) is 71.6 Å². The summed E-state index contributed by atoms with van der Waals surface area (Å²) in [7, 11) is 3.09. The lowest BCUT2D eigenvalue weighted by Crippen LogP contribution is -2.01. The van der Waals surface area contributed by atoms with Crippen LogP contribution in [0.25, 0.3) is 0 Å². The van der Waals surface area contributed by atoms with Gasteiger partial charge < -0.3 is 14.2 Å². The van der Waals surface area contributed by atoms with Gasteiger partial charge in [0.15, 0.2) is 11.5 Å². The quantitative estimate of drug-likeness (QED) is 0.312. The third-order valence-corrected chi connectivity index (χ3v) is 4.40. The second-order valence-corrected chi connectivity index (χ2v) is 7.14. The molecule has 0 N–H and O–H groups in total. The van der Waals surface area contributed by atoms with E-state index < -0.39 is 0 Å². The maximum absolute atomic E-state index is 11.0. The van der Waals surface area contributed by atoms with Crippen LogP contribution in [0.2, 0.25) is 0 Å². The van der Waals surface area contributed by atoms with Gasteiger partial charge in [0.25, 0.3) is 0 Å². The highest BCUT2D eigenvalue weighted by Gasteiger charge is 2.13. The lowest BCUT2D eigenvalue weighted by molar-refractivity contribution is 0.112. The van der Waals surface area contributed by atoms with Crippen molar-refractivity contribution in [3.63, 3.8) is 0 Å². The lowest BCUT2D eigenvalue weighted by Gasteiger charge is -2.14. The molecule has 0 aliphatic carbocycles. The molecule has 0 saturated heterocycles. The Labute approximate surface area is 169 Å². The molecule has 0 radical (unpaired) electrons. The number of methoxy groups -OCH3 is 2. The molecule has 4 heteroatoms. The average molecular weight is 387 g/mol. The van der Waals surface area contributed by atoms with Gasteiger partial charge in [-0.2, -0.15) is 0 Å². The highest BCUT2D eigenvalue weighted by Crippen LogP contribution is 2.38. The third kappa shape index (κ3) is 8.47. The summed E-state index contributed by atoms with van der Waals surface area (Å²) in [6.45, 7) is 9.00. The van der Waals surface area contributed by atoms with Gasteiger partial charge in [-0.3, -0.25) is 4.79 Å². The second-order valence-electron chi connectivity index (χ2n) is 7.14. The molecule has 0 atom stereocenters. The zero-order valence-corrected chi connectivity index (χ0v) is 18.1. The van der Waals surface area contributed by atoms with E-state index in [0.29, 0.717) is 29.4 Å². The Hall–Kier alpha value is -2.49. The molecular formula is C24H34O4. The Morgan fingerprint density at radius 1 is 0.857 bits per heavy atom. The van der Waals surface area contributed by atoms with E-state index in [-0.39, 0.29) is 0 Å². The Morgan fingerprint density at radius 3 is 1.89 bits per heavy atom. The molecule has 0 saturated carbocycles. The van der Waals surface area contributed by atoms with Crippen LogP contribution in [0.4, 0.5) is 0 Å². The van der Waals surface area contributed by atoms with Crippen molar-refractivity contribution in [2.24, 2.45) is 0 Å². The normalized spacial score (nSPS) is 11.8. The fraction of sp³-hybridized carbons (Fsp3) is 0.458. The minimum Gasteiger partial charge on any atom is -0.493 e. The highest BCUT2D eigenvalue weighted by molar-refractivity contribution is 5.78. The molecule has 4 nitrogen and oxygen atoms in total. The molecule has 0 spiro atoms. The maximum Gasteiger partial charge on any atom is 0.203 e. The first-order valence-corrected chi connectivity index (χ1v) is 9.69. The summed E-state index contributed by atoms with van der Waals surface area (Å²) in [5, 5.41) is 0. The minimum atomic E-state index is 0.419. The van der Waals surface area contributed by atoms with Gasteiger partial charge in [0.05, 0.1) is 14.2 Å². The molecule has 0 aliphatic rings. The van der Waals surface area contributed by atoms with E-state index in [2.05, 4.69) is 45.9 Å². The number of rotatable bonds is 12. The van der Waals surface area contributed by atoms with Crippen molar-refractivity contribution in [1.29, 1.82) is 0 Å². The number of carbonyl (C=O) groups is 1. The Kier molecular flexibility index (Phi) is 10.8. The van der Waals surface area contributed by atoms with Crippen molar-refractivity contribution in [3.8, 4) is 17.2 Å². The zero-order valence-electron chi connectivity index (χ0n) is 18.1. The standard InChI is InChI=1S/C24H34O4/c1-18(2)9-7-10-19(3)11-8-12-20(4)13-14-28-24-22(26-5)15-21(17-25)16-23(24)27-6/h9,11,13,15-17H,7-8,10,12,14H2,1-6H3/b19-11+,20-13+. The van der Waals surface area contributed by atoms with Crippen molar-refractivity contribution >= 4 is 6.29 Å². The van der Waals surface area contributed by atoms with Gasteiger partial charge in [0.2, 0.25) is 5.75 Å². The monoisotopic (exact) mass is 386 g/mol. The maximum atomic E-state index is 11.0. The van der Waals surface area contributed by atoms with Crippen LogP contribution in [-0.4, -0.2) is 27.1 Å². The molecule has 1 rings (SSSR count). The van der Waals surface area contributed by atoms with E-state index in [1.54, 1.807) is 26.4 Å². The number of ether oxygens (including phenoxy) is 3. The van der Waals surface area contributed by atoms with E-state index in [0.717, 1.165) is 32.0 Å². The van der Waals surface area contributed by atoms with E-state index >= 15 is 0 Å².